The standard InChI is InChI=1S/C47H60N6O4/c1-31(2)37-24-47-22-19-40-45(3,20-12-21-46(40,4)44(54)55-5)41(47)23-36(37)42-38(56-29-34-27-52(50-48-34)25-32-13-8-6-9-14-32)17-18-39(43(42)47)57-30-35-28-53(51-49-35)26-33-15-10-7-11-16-33/h6-11,13-16,24,27-28,31,36,38-43H,12,17-23,25-26,29-30H2,1-5H3/t36-,38-,39-,40+,41+,42-,43+,45-,46?,47-/m0/s1. The Labute approximate surface area is 337 Å². The molecule has 2 aromatic carbocycles. The highest BCUT2D eigenvalue weighted by Gasteiger charge is 2.71. The number of ether oxygens (including phenoxy) is 3. The molecule has 302 valence electrons. The van der Waals surface area contributed by atoms with E-state index in [1.807, 2.05) is 33.9 Å². The van der Waals surface area contributed by atoms with E-state index in [0.717, 1.165) is 62.8 Å². The monoisotopic (exact) mass is 772 g/mol. The number of benzene rings is 2. The molecule has 10 atom stereocenters. The maximum atomic E-state index is 13.6. The molecule has 6 aliphatic rings. The van der Waals surface area contributed by atoms with Crippen LogP contribution in [0.25, 0.3) is 0 Å². The molecule has 57 heavy (non-hydrogen) atoms. The summed E-state index contributed by atoms with van der Waals surface area (Å²) in [6, 6.07) is 20.8. The van der Waals surface area contributed by atoms with E-state index >= 15 is 0 Å². The van der Waals surface area contributed by atoms with Gasteiger partial charge in [0.25, 0.3) is 0 Å². The molecule has 10 nitrogen and oxygen atoms in total. The van der Waals surface area contributed by atoms with Crippen LogP contribution >= 0.6 is 0 Å². The summed E-state index contributed by atoms with van der Waals surface area (Å²) in [5.41, 5.74) is 5.25. The summed E-state index contributed by atoms with van der Waals surface area (Å²) < 4.78 is 23.6. The van der Waals surface area contributed by atoms with Crippen molar-refractivity contribution < 1.29 is 19.0 Å². The van der Waals surface area contributed by atoms with E-state index in [9.17, 15) is 4.79 Å². The number of hydrogen-bond donors (Lipinski definition) is 0. The van der Waals surface area contributed by atoms with Crippen molar-refractivity contribution in [2.24, 2.45) is 51.8 Å². The Morgan fingerprint density at radius 2 is 1.39 bits per heavy atom. The van der Waals surface area contributed by atoms with Crippen molar-refractivity contribution in [2.45, 2.75) is 118 Å². The first-order valence-electron chi connectivity index (χ1n) is 21.5. The quantitative estimate of drug-likeness (QED) is 0.104. The number of hydrogen-bond acceptors (Lipinski definition) is 8. The van der Waals surface area contributed by atoms with Crippen LogP contribution < -0.4 is 0 Å². The summed E-state index contributed by atoms with van der Waals surface area (Å²) in [4.78, 5) is 13.6. The van der Waals surface area contributed by atoms with E-state index in [1.165, 1.54) is 11.1 Å². The number of methoxy groups -OCH3 is 1. The lowest BCUT2D eigenvalue weighted by Gasteiger charge is -2.72. The van der Waals surface area contributed by atoms with Gasteiger partial charge >= 0.3 is 5.97 Å². The number of carbonyl (C=O) groups is 1. The predicted molar refractivity (Wildman–Crippen MR) is 216 cm³/mol. The largest absolute Gasteiger partial charge is 0.469 e. The van der Waals surface area contributed by atoms with Gasteiger partial charge in [0, 0.05) is 5.92 Å². The van der Waals surface area contributed by atoms with Gasteiger partial charge in [0.05, 0.1) is 63.4 Å². The fourth-order valence-electron chi connectivity index (χ4n) is 13.2. The van der Waals surface area contributed by atoms with Gasteiger partial charge in [-0.2, -0.15) is 0 Å². The van der Waals surface area contributed by atoms with Gasteiger partial charge in [0.1, 0.15) is 11.4 Å². The average molecular weight is 773 g/mol. The zero-order valence-corrected chi connectivity index (χ0v) is 34.4. The first-order valence-corrected chi connectivity index (χ1v) is 21.5. The topological polar surface area (TPSA) is 106 Å². The minimum absolute atomic E-state index is 0.0252. The first kappa shape index (κ1) is 38.4. The Balaban J connectivity index is 1.02. The van der Waals surface area contributed by atoms with Gasteiger partial charge in [-0.3, -0.25) is 4.79 Å². The summed E-state index contributed by atoms with van der Waals surface area (Å²) in [7, 11) is 1.57. The molecule has 0 amide bonds. The van der Waals surface area contributed by atoms with Crippen LogP contribution in [0.4, 0.5) is 0 Å². The number of aromatic nitrogens is 6. The van der Waals surface area contributed by atoms with E-state index in [0.29, 0.717) is 61.8 Å². The smallest absolute Gasteiger partial charge is 0.311 e. The van der Waals surface area contributed by atoms with Crippen molar-refractivity contribution in [1.29, 1.82) is 0 Å². The maximum absolute atomic E-state index is 13.6. The van der Waals surface area contributed by atoms with E-state index < -0.39 is 5.41 Å². The second-order valence-corrected chi connectivity index (χ2v) is 18.8. The molecule has 2 heterocycles. The second-order valence-electron chi connectivity index (χ2n) is 18.8. The Morgan fingerprint density at radius 3 is 1.98 bits per heavy atom. The Hall–Kier alpha value is -4.15. The average Bonchev–Trinajstić information content (AvgIpc) is 3.88. The van der Waals surface area contributed by atoms with Crippen molar-refractivity contribution >= 4 is 5.97 Å². The highest BCUT2D eigenvalue weighted by molar-refractivity contribution is 5.77. The Kier molecular flexibility index (Phi) is 10.2. The van der Waals surface area contributed by atoms with Gasteiger partial charge in [0.2, 0.25) is 0 Å². The molecule has 1 unspecified atom stereocenters. The van der Waals surface area contributed by atoms with Gasteiger partial charge < -0.3 is 14.2 Å². The summed E-state index contributed by atoms with van der Waals surface area (Å²) in [6.45, 7) is 11.8. The van der Waals surface area contributed by atoms with Crippen LogP contribution in [0.15, 0.2) is 84.7 Å². The number of allylic oxidation sites excluding steroid dienone is 2. The number of fused-ring (bicyclic) bond motifs is 1. The summed E-state index contributed by atoms with van der Waals surface area (Å²) in [5.74, 6) is 2.18. The number of carbonyl (C=O) groups excluding carboxylic acids is 1. The zero-order chi connectivity index (χ0) is 39.4. The van der Waals surface area contributed by atoms with Gasteiger partial charge in [0.15, 0.2) is 0 Å². The number of esters is 1. The van der Waals surface area contributed by atoms with Crippen LogP contribution in [-0.4, -0.2) is 55.3 Å². The lowest BCUT2D eigenvalue weighted by molar-refractivity contribution is -0.241. The molecule has 0 aliphatic heterocycles. The normalized spacial score (nSPS) is 34.3. The maximum Gasteiger partial charge on any atom is 0.311 e. The molecule has 4 aromatic rings. The molecular formula is C47H60N6O4. The summed E-state index contributed by atoms with van der Waals surface area (Å²) >= 11 is 0. The SMILES string of the molecule is COC(=O)C1(C)CCC[C@]2(C)[C@H]3C[C@H]4C(C(C)C)=C[C@]3(CC[C@@H]12)[C@H]1[C@@H]4[C@@H](OCc2cn(Cc3ccccc3)nn2)CC[C@@H]1OCc1cn(Cc2ccccc2)nn1. The predicted octanol–water partition coefficient (Wildman–Crippen LogP) is 8.46. The summed E-state index contributed by atoms with van der Waals surface area (Å²) in [5, 5.41) is 18.1. The van der Waals surface area contributed by atoms with Crippen molar-refractivity contribution in [2.75, 3.05) is 7.11 Å². The van der Waals surface area contributed by atoms with Crippen molar-refractivity contribution in [3.8, 4) is 0 Å². The number of nitrogens with zero attached hydrogens (tertiary/aromatic N) is 6. The molecule has 10 rings (SSSR count). The van der Waals surface area contributed by atoms with Crippen LogP contribution in [0, 0.1) is 51.8 Å². The van der Waals surface area contributed by atoms with E-state index in [4.69, 9.17) is 14.2 Å². The molecule has 0 saturated heterocycles. The number of rotatable bonds is 12. The van der Waals surface area contributed by atoms with Gasteiger partial charge in [-0.05, 0) is 103 Å². The van der Waals surface area contributed by atoms with Gasteiger partial charge in [-0.15, -0.1) is 10.2 Å². The molecule has 4 fully saturated rings. The molecular weight excluding hydrogens is 713 g/mol. The molecule has 0 N–H and O–H groups in total. The molecule has 6 aliphatic carbocycles. The lowest BCUT2D eigenvalue weighted by atomic mass is 9.33. The van der Waals surface area contributed by atoms with Crippen LogP contribution in [-0.2, 0) is 45.3 Å². The van der Waals surface area contributed by atoms with Crippen molar-refractivity contribution in [3.63, 3.8) is 0 Å². The van der Waals surface area contributed by atoms with Crippen LogP contribution in [0.1, 0.15) is 102 Å². The second kappa shape index (κ2) is 15.2. The molecule has 2 bridgehead atoms. The highest BCUT2D eigenvalue weighted by atomic mass is 16.5. The summed E-state index contributed by atoms with van der Waals surface area (Å²) in [6.07, 6.45) is 15.2. The van der Waals surface area contributed by atoms with Crippen LogP contribution in [0.2, 0.25) is 0 Å². The molecule has 2 aromatic heterocycles. The first-order chi connectivity index (χ1) is 27.6. The Morgan fingerprint density at radius 1 is 0.789 bits per heavy atom. The van der Waals surface area contributed by atoms with Gasteiger partial charge in [-0.1, -0.05) is 110 Å². The lowest BCUT2D eigenvalue weighted by Crippen LogP contribution is -2.68. The third-order valence-electron chi connectivity index (χ3n) is 15.5. The minimum Gasteiger partial charge on any atom is -0.469 e. The van der Waals surface area contributed by atoms with E-state index in [-0.39, 0.29) is 29.0 Å². The highest BCUT2D eigenvalue weighted by Crippen LogP contribution is 2.75. The van der Waals surface area contributed by atoms with Gasteiger partial charge in [-0.25, -0.2) is 9.36 Å². The minimum atomic E-state index is -0.457. The van der Waals surface area contributed by atoms with Crippen LogP contribution in [0.5, 0.6) is 0 Å². The third-order valence-corrected chi connectivity index (χ3v) is 15.5. The molecule has 4 saturated carbocycles. The van der Waals surface area contributed by atoms with Crippen molar-refractivity contribution in [3.05, 3.63) is 107 Å². The molecule has 0 radical (unpaired) electrons. The third kappa shape index (κ3) is 6.78. The molecule has 10 heteroatoms. The fraction of sp³-hybridized carbons (Fsp3) is 0.596. The molecule has 1 spiro atoms. The zero-order valence-electron chi connectivity index (χ0n) is 34.4. The van der Waals surface area contributed by atoms with E-state index in [2.05, 4.69) is 103 Å². The van der Waals surface area contributed by atoms with Crippen LogP contribution in [0.3, 0.4) is 0 Å². The van der Waals surface area contributed by atoms with E-state index in [1.54, 1.807) is 12.7 Å². The van der Waals surface area contributed by atoms with Crippen molar-refractivity contribution in [1.82, 2.24) is 30.0 Å². The fourth-order valence-corrected chi connectivity index (χ4v) is 13.2. The Bertz CT molecular complexity index is 2060.